The smallest absolute Gasteiger partial charge is 0.0849 e. The molecule has 0 radical (unpaired) electrons. The molecule has 19 heavy (non-hydrogen) atoms. The van der Waals surface area contributed by atoms with Gasteiger partial charge in [-0.25, -0.2) is 0 Å². The summed E-state index contributed by atoms with van der Waals surface area (Å²) in [5.74, 6) is 0. The fraction of sp³-hybridized carbons (Fsp3) is 0.562. The molecular formula is C16H25NO2. The lowest BCUT2D eigenvalue weighted by Crippen LogP contribution is -2.35. The van der Waals surface area contributed by atoms with Gasteiger partial charge < -0.3 is 10.2 Å². The number of aryl methyl sites for hydroxylation is 1. The summed E-state index contributed by atoms with van der Waals surface area (Å²) in [6.07, 6.45) is 8.58. The van der Waals surface area contributed by atoms with Crippen LogP contribution >= 0.6 is 0 Å². The van der Waals surface area contributed by atoms with E-state index in [0.717, 1.165) is 19.3 Å². The van der Waals surface area contributed by atoms with Gasteiger partial charge in [-0.05, 0) is 64.2 Å². The molecule has 106 valence electrons. The molecule has 1 heterocycles. The Morgan fingerprint density at radius 1 is 1.37 bits per heavy atom. The van der Waals surface area contributed by atoms with Crippen molar-refractivity contribution in [1.29, 1.82) is 0 Å². The first-order valence-corrected chi connectivity index (χ1v) is 6.84. The van der Waals surface area contributed by atoms with Gasteiger partial charge in [-0.3, -0.25) is 4.98 Å². The van der Waals surface area contributed by atoms with Crippen LogP contribution in [-0.4, -0.2) is 26.9 Å². The monoisotopic (exact) mass is 263 g/mol. The second-order valence-corrected chi connectivity index (χ2v) is 5.65. The van der Waals surface area contributed by atoms with Crippen LogP contribution in [-0.2, 0) is 6.42 Å². The first-order chi connectivity index (χ1) is 8.89. The molecule has 1 rings (SSSR count). The molecule has 0 saturated heterocycles. The van der Waals surface area contributed by atoms with Crippen LogP contribution in [0.2, 0.25) is 0 Å². The fourth-order valence-corrected chi connectivity index (χ4v) is 1.85. The highest BCUT2D eigenvalue weighted by molar-refractivity contribution is 5.11. The molecule has 1 aromatic heterocycles. The molecule has 1 aromatic rings. The Labute approximate surface area is 116 Å². The number of aliphatic hydroxyl groups is 2. The molecule has 3 heteroatoms. The van der Waals surface area contributed by atoms with Crippen LogP contribution in [0.4, 0.5) is 0 Å². The second kappa shape index (κ2) is 7.41. The molecule has 0 bridgehead atoms. The Bertz CT molecular complexity index is 393. The predicted octanol–water partition coefficient (Wildman–Crippen LogP) is 2.87. The number of hydrogen-bond donors (Lipinski definition) is 2. The van der Waals surface area contributed by atoms with E-state index in [1.807, 2.05) is 24.5 Å². The number of hydrogen-bond acceptors (Lipinski definition) is 3. The van der Waals surface area contributed by atoms with E-state index < -0.39 is 11.7 Å². The van der Waals surface area contributed by atoms with Gasteiger partial charge in [0.2, 0.25) is 0 Å². The molecule has 0 fully saturated rings. The van der Waals surface area contributed by atoms with E-state index in [4.69, 9.17) is 0 Å². The molecule has 0 aliphatic rings. The van der Waals surface area contributed by atoms with Gasteiger partial charge in [0.25, 0.3) is 0 Å². The van der Waals surface area contributed by atoms with E-state index in [0.29, 0.717) is 6.42 Å². The van der Waals surface area contributed by atoms with E-state index in [1.54, 1.807) is 13.8 Å². The maximum absolute atomic E-state index is 9.75. The average molecular weight is 263 g/mol. The van der Waals surface area contributed by atoms with Gasteiger partial charge in [-0.1, -0.05) is 11.6 Å². The van der Waals surface area contributed by atoms with Crippen LogP contribution in [0.25, 0.3) is 0 Å². The minimum atomic E-state index is -1.02. The normalized spacial score (nSPS) is 14.5. The van der Waals surface area contributed by atoms with Gasteiger partial charge in [0, 0.05) is 12.4 Å². The summed E-state index contributed by atoms with van der Waals surface area (Å²) in [5, 5.41) is 19.4. The molecule has 0 saturated carbocycles. The highest BCUT2D eigenvalue weighted by Gasteiger charge is 2.23. The quantitative estimate of drug-likeness (QED) is 0.744. The molecule has 1 unspecified atom stereocenters. The molecule has 1 atom stereocenters. The maximum atomic E-state index is 9.75. The van der Waals surface area contributed by atoms with Gasteiger partial charge in [0.15, 0.2) is 0 Å². The van der Waals surface area contributed by atoms with Gasteiger partial charge in [-0.15, -0.1) is 0 Å². The van der Waals surface area contributed by atoms with Crippen molar-refractivity contribution in [3.8, 4) is 0 Å². The lowest BCUT2D eigenvalue weighted by Gasteiger charge is -2.24. The van der Waals surface area contributed by atoms with Crippen LogP contribution in [0.3, 0.4) is 0 Å². The molecule has 0 spiro atoms. The highest BCUT2D eigenvalue weighted by Crippen LogP contribution is 2.17. The number of allylic oxidation sites excluding steroid dienone is 2. The van der Waals surface area contributed by atoms with Crippen LogP contribution < -0.4 is 0 Å². The van der Waals surface area contributed by atoms with Gasteiger partial charge in [0.1, 0.15) is 0 Å². The van der Waals surface area contributed by atoms with Crippen molar-refractivity contribution in [2.75, 3.05) is 0 Å². The average Bonchev–Trinajstić information content (AvgIpc) is 2.36. The van der Waals surface area contributed by atoms with Crippen molar-refractivity contribution in [3.63, 3.8) is 0 Å². The summed E-state index contributed by atoms with van der Waals surface area (Å²) in [6, 6.07) is 4.06. The lowest BCUT2D eigenvalue weighted by molar-refractivity contribution is -0.0509. The Morgan fingerprint density at radius 2 is 2.00 bits per heavy atom. The molecule has 2 N–H and O–H groups in total. The minimum absolute atomic E-state index is 0.598. The largest absolute Gasteiger partial charge is 0.390 e. The van der Waals surface area contributed by atoms with Crippen molar-refractivity contribution in [3.05, 3.63) is 41.7 Å². The van der Waals surface area contributed by atoms with Gasteiger partial charge in [0.05, 0.1) is 11.7 Å². The van der Waals surface area contributed by atoms with Crippen molar-refractivity contribution < 1.29 is 10.2 Å². The Morgan fingerprint density at radius 3 is 2.58 bits per heavy atom. The van der Waals surface area contributed by atoms with Crippen molar-refractivity contribution >= 4 is 0 Å². The first kappa shape index (κ1) is 15.9. The number of aromatic nitrogens is 1. The first-order valence-electron chi connectivity index (χ1n) is 6.84. The van der Waals surface area contributed by atoms with Crippen LogP contribution in [0.1, 0.15) is 45.6 Å². The van der Waals surface area contributed by atoms with Gasteiger partial charge in [-0.2, -0.15) is 0 Å². The minimum Gasteiger partial charge on any atom is -0.390 e. The summed E-state index contributed by atoms with van der Waals surface area (Å²) in [6.45, 7) is 5.35. The number of pyridine rings is 1. The van der Waals surface area contributed by atoms with E-state index >= 15 is 0 Å². The molecular weight excluding hydrogens is 238 g/mol. The predicted molar refractivity (Wildman–Crippen MR) is 77.9 cm³/mol. The Balaban J connectivity index is 2.30. The van der Waals surface area contributed by atoms with E-state index in [-0.39, 0.29) is 0 Å². The zero-order chi connectivity index (χ0) is 14.3. The summed E-state index contributed by atoms with van der Waals surface area (Å²) in [7, 11) is 0. The Kier molecular flexibility index (Phi) is 6.19. The standard InChI is InChI=1S/C16H25NO2/c1-13(7-8-15(18)16(2,3)19)5-4-6-14-9-11-17-12-10-14/h5,9-12,15,18-19H,4,6-8H2,1-3H3. The highest BCUT2D eigenvalue weighted by atomic mass is 16.3. The zero-order valence-corrected chi connectivity index (χ0v) is 12.1. The molecule has 0 aliphatic carbocycles. The van der Waals surface area contributed by atoms with E-state index in [2.05, 4.69) is 18.0 Å². The number of rotatable bonds is 7. The van der Waals surface area contributed by atoms with Crippen LogP contribution in [0.15, 0.2) is 36.2 Å². The third-order valence-corrected chi connectivity index (χ3v) is 3.30. The van der Waals surface area contributed by atoms with Crippen LogP contribution in [0, 0.1) is 0 Å². The maximum Gasteiger partial charge on any atom is 0.0849 e. The molecule has 0 aromatic carbocycles. The Hall–Kier alpha value is -1.19. The summed E-state index contributed by atoms with van der Waals surface area (Å²) in [5.41, 5.74) is 1.53. The summed E-state index contributed by atoms with van der Waals surface area (Å²) in [4.78, 5) is 3.99. The fourth-order valence-electron chi connectivity index (χ4n) is 1.85. The topological polar surface area (TPSA) is 53.4 Å². The SMILES string of the molecule is CC(=CCCc1ccncc1)CCC(O)C(C)(C)O. The number of nitrogens with zero attached hydrogens (tertiary/aromatic N) is 1. The number of aliphatic hydroxyl groups excluding tert-OH is 1. The summed E-state index contributed by atoms with van der Waals surface area (Å²) >= 11 is 0. The van der Waals surface area contributed by atoms with Crippen molar-refractivity contribution in [1.82, 2.24) is 4.98 Å². The van der Waals surface area contributed by atoms with Crippen molar-refractivity contribution in [2.45, 2.75) is 58.2 Å². The lowest BCUT2D eigenvalue weighted by atomic mass is 9.95. The molecule has 0 amide bonds. The molecule has 3 nitrogen and oxygen atoms in total. The summed E-state index contributed by atoms with van der Waals surface area (Å²) < 4.78 is 0. The molecule has 0 aliphatic heterocycles. The van der Waals surface area contributed by atoms with E-state index in [9.17, 15) is 10.2 Å². The van der Waals surface area contributed by atoms with Gasteiger partial charge >= 0.3 is 0 Å². The second-order valence-electron chi connectivity index (χ2n) is 5.65. The zero-order valence-electron chi connectivity index (χ0n) is 12.1. The van der Waals surface area contributed by atoms with Crippen molar-refractivity contribution in [2.24, 2.45) is 0 Å². The van der Waals surface area contributed by atoms with E-state index in [1.165, 1.54) is 11.1 Å². The van der Waals surface area contributed by atoms with Crippen LogP contribution in [0.5, 0.6) is 0 Å². The third kappa shape index (κ3) is 6.50. The third-order valence-electron chi connectivity index (χ3n) is 3.30.